The number of carbonyl (C=O) groups is 1. The summed E-state index contributed by atoms with van der Waals surface area (Å²) in [6.45, 7) is 3.30. The van der Waals surface area contributed by atoms with E-state index in [1.807, 2.05) is 4.90 Å². The molecule has 7 nitrogen and oxygen atoms in total. The predicted molar refractivity (Wildman–Crippen MR) is 167 cm³/mol. The first-order valence-electron chi connectivity index (χ1n) is 13.4. The van der Waals surface area contributed by atoms with Crippen LogP contribution in [0.4, 0.5) is 28.9 Å². The number of anilines is 2. The third kappa shape index (κ3) is 7.55. The molecule has 0 bridgehead atoms. The maximum Gasteiger partial charge on any atom is 0.258 e. The molecule has 0 radical (unpaired) electrons. The fourth-order valence-electron chi connectivity index (χ4n) is 5.81. The third-order valence-electron chi connectivity index (χ3n) is 7.79. The van der Waals surface area contributed by atoms with Crippen molar-refractivity contribution in [3.63, 3.8) is 0 Å². The van der Waals surface area contributed by atoms with Crippen LogP contribution >= 0.6 is 35.4 Å². The van der Waals surface area contributed by atoms with Crippen LogP contribution in [0.25, 0.3) is 11.1 Å². The topological polar surface area (TPSA) is 112 Å². The molecule has 0 unspecified atom stereocenters. The average Bonchev–Trinajstić information content (AvgIpc) is 2.89. The maximum atomic E-state index is 15.7. The predicted octanol–water partition coefficient (Wildman–Crippen LogP) is 7.20. The summed E-state index contributed by atoms with van der Waals surface area (Å²) in [6.07, 6.45) is 4.45. The van der Waals surface area contributed by atoms with Crippen molar-refractivity contribution in [3.8, 4) is 11.1 Å². The van der Waals surface area contributed by atoms with Crippen LogP contribution in [0.1, 0.15) is 48.0 Å². The number of rotatable bonds is 5. The minimum absolute atomic E-state index is 0. The number of aromatic nitrogens is 1. The van der Waals surface area contributed by atoms with Crippen molar-refractivity contribution in [2.75, 3.05) is 34.8 Å². The monoisotopic (exact) mass is 664 g/mol. The number of nitrogens with two attached hydrogens (primary N) is 1. The van der Waals surface area contributed by atoms with Crippen LogP contribution in [0, 0.1) is 29.2 Å². The highest BCUT2D eigenvalue weighted by molar-refractivity contribution is 8.24. The van der Waals surface area contributed by atoms with Gasteiger partial charge in [0.25, 0.3) is 5.91 Å². The summed E-state index contributed by atoms with van der Waals surface area (Å²) in [6, 6.07) is 5.37. The highest BCUT2D eigenvalue weighted by Gasteiger charge is 2.30. The Hall–Kier alpha value is -2.61. The molecule has 0 aliphatic carbocycles. The molecule has 5 N–H and O–H groups in total. The number of nitrogens with zero attached hydrogens (tertiary/aromatic N) is 2. The molecule has 0 spiro atoms. The molecule has 0 saturated carbocycles. The van der Waals surface area contributed by atoms with Gasteiger partial charge in [-0.1, -0.05) is 6.92 Å². The Balaban J connectivity index is 0.00000253. The van der Waals surface area contributed by atoms with Crippen LogP contribution in [-0.2, 0) is 0 Å². The standard InChI is InChI=1S/C29H32F4N4O3S.2ClH/c1-16-10-19(34)15-37(14-16)25-4-7-35-13-24(25)36-29(38)20-2-3-21(30)27(28(20)33)26-22(31)11-18(12-23(26)32)17-5-8-41(39,40)9-6-17;;/h2-4,7,11-13,16-17,19,39-40H,5-6,8-10,14-15,34H2,1H3,(H,36,38);2*1H/t16-,19+;;/m1../s1. The van der Waals surface area contributed by atoms with E-state index in [2.05, 4.69) is 17.2 Å². The van der Waals surface area contributed by atoms with Gasteiger partial charge in [-0.2, -0.15) is 10.6 Å². The van der Waals surface area contributed by atoms with Crippen molar-refractivity contribution in [1.29, 1.82) is 0 Å². The second-order valence-electron chi connectivity index (χ2n) is 11.0. The van der Waals surface area contributed by atoms with Crippen molar-refractivity contribution in [2.24, 2.45) is 11.7 Å². The SMILES string of the molecule is C[C@@H]1C[C@H](N)CN(c2ccncc2NC(=O)c2ccc(F)c(-c3c(F)cc(C4CCS(O)(O)CC4)cc3F)c2F)C1.Cl.Cl. The number of nitrogens with one attached hydrogen (secondary N) is 1. The van der Waals surface area contributed by atoms with Gasteiger partial charge >= 0.3 is 0 Å². The van der Waals surface area contributed by atoms with Gasteiger partial charge in [-0.05, 0) is 67.0 Å². The number of hydrogen-bond donors (Lipinski definition) is 4. The number of piperidine rings is 1. The minimum atomic E-state index is -2.69. The molecule has 2 saturated heterocycles. The lowest BCUT2D eigenvalue weighted by atomic mass is 9.90. The van der Waals surface area contributed by atoms with Crippen molar-refractivity contribution in [1.82, 2.24) is 4.98 Å². The smallest absolute Gasteiger partial charge is 0.258 e. The molecule has 2 fully saturated rings. The van der Waals surface area contributed by atoms with Crippen LogP contribution in [0.3, 0.4) is 0 Å². The van der Waals surface area contributed by atoms with Gasteiger partial charge in [0.2, 0.25) is 0 Å². The lowest BCUT2D eigenvalue weighted by Crippen LogP contribution is -2.46. The first-order chi connectivity index (χ1) is 19.4. The van der Waals surface area contributed by atoms with Crippen LogP contribution in [0.15, 0.2) is 42.7 Å². The fraction of sp³-hybridized carbons (Fsp3) is 0.379. The van der Waals surface area contributed by atoms with Crippen LogP contribution in [0.2, 0.25) is 0 Å². The van der Waals surface area contributed by atoms with Gasteiger partial charge in [-0.25, -0.2) is 17.6 Å². The molecule has 2 aliphatic rings. The van der Waals surface area contributed by atoms with Crippen LogP contribution < -0.4 is 16.0 Å². The Kier molecular flexibility index (Phi) is 11.4. The summed E-state index contributed by atoms with van der Waals surface area (Å²) in [5.41, 5.74) is 4.86. The second-order valence-corrected chi connectivity index (χ2v) is 13.4. The van der Waals surface area contributed by atoms with Crippen LogP contribution in [0.5, 0.6) is 0 Å². The Bertz CT molecular complexity index is 1440. The van der Waals surface area contributed by atoms with Gasteiger partial charge in [0, 0.05) is 36.8 Å². The van der Waals surface area contributed by atoms with Crippen LogP contribution in [-0.4, -0.2) is 50.6 Å². The lowest BCUT2D eigenvalue weighted by molar-refractivity contribution is 0.102. The molecule has 3 aromatic rings. The summed E-state index contributed by atoms with van der Waals surface area (Å²) < 4.78 is 80.8. The van der Waals surface area contributed by atoms with E-state index in [9.17, 15) is 18.3 Å². The summed E-state index contributed by atoms with van der Waals surface area (Å²) in [7, 11) is -2.69. The lowest BCUT2D eigenvalue weighted by Gasteiger charge is -2.39. The van der Waals surface area contributed by atoms with E-state index in [0.29, 0.717) is 37.5 Å². The summed E-state index contributed by atoms with van der Waals surface area (Å²) in [4.78, 5) is 19.3. The van der Waals surface area contributed by atoms with E-state index >= 15 is 13.2 Å². The Labute approximate surface area is 261 Å². The molecule has 1 aromatic heterocycles. The van der Waals surface area contributed by atoms with Crippen molar-refractivity contribution in [3.05, 3.63) is 77.1 Å². The minimum Gasteiger partial charge on any atom is -0.368 e. The van der Waals surface area contributed by atoms with Crippen molar-refractivity contribution < 1.29 is 31.5 Å². The molecular formula is C29H34Cl2F4N4O3S. The van der Waals surface area contributed by atoms with Gasteiger partial charge in [0.1, 0.15) is 23.3 Å². The van der Waals surface area contributed by atoms with E-state index in [1.54, 1.807) is 12.3 Å². The highest BCUT2D eigenvalue weighted by Crippen LogP contribution is 2.48. The van der Waals surface area contributed by atoms with E-state index in [-0.39, 0.29) is 59.5 Å². The third-order valence-corrected chi connectivity index (χ3v) is 9.57. The summed E-state index contributed by atoms with van der Waals surface area (Å²) in [5, 5.41) is 2.61. The fourth-order valence-corrected chi connectivity index (χ4v) is 7.34. The molecule has 43 heavy (non-hydrogen) atoms. The summed E-state index contributed by atoms with van der Waals surface area (Å²) >= 11 is 0. The molecule has 14 heteroatoms. The average molecular weight is 666 g/mol. The molecule has 2 aromatic carbocycles. The normalized spacial score (nSPS) is 20.9. The van der Waals surface area contributed by atoms with E-state index < -0.39 is 56.5 Å². The second kappa shape index (κ2) is 14.0. The zero-order valence-corrected chi connectivity index (χ0v) is 25.7. The van der Waals surface area contributed by atoms with E-state index in [4.69, 9.17) is 5.73 Å². The number of halogens is 6. The van der Waals surface area contributed by atoms with Gasteiger partial charge in [-0.3, -0.25) is 18.9 Å². The number of amides is 1. The molecular weight excluding hydrogens is 631 g/mol. The molecule has 3 heterocycles. The molecule has 5 rings (SSSR count). The number of benzene rings is 2. The van der Waals surface area contributed by atoms with Gasteiger partial charge in [0.15, 0.2) is 0 Å². The van der Waals surface area contributed by atoms with Gasteiger partial charge in [-0.15, -0.1) is 24.8 Å². The largest absolute Gasteiger partial charge is 0.368 e. The Morgan fingerprint density at radius 3 is 2.28 bits per heavy atom. The molecule has 236 valence electrons. The highest BCUT2D eigenvalue weighted by atomic mass is 35.5. The number of pyridine rings is 1. The quantitative estimate of drug-likeness (QED) is 0.215. The molecule has 2 atom stereocenters. The van der Waals surface area contributed by atoms with E-state index in [0.717, 1.165) is 30.7 Å². The van der Waals surface area contributed by atoms with Gasteiger partial charge in [0.05, 0.1) is 34.3 Å². The number of hydrogen-bond acceptors (Lipinski definition) is 6. The van der Waals surface area contributed by atoms with Gasteiger partial charge < -0.3 is 16.0 Å². The number of carbonyl (C=O) groups excluding carboxylic acids is 1. The van der Waals surface area contributed by atoms with Crippen molar-refractivity contribution in [2.45, 2.75) is 38.1 Å². The maximum absolute atomic E-state index is 15.7. The zero-order valence-electron chi connectivity index (χ0n) is 23.2. The first kappa shape index (κ1) is 34.9. The van der Waals surface area contributed by atoms with E-state index in [1.165, 1.54) is 6.20 Å². The zero-order chi connectivity index (χ0) is 29.5. The Morgan fingerprint density at radius 2 is 1.65 bits per heavy atom. The Morgan fingerprint density at radius 1 is 1.00 bits per heavy atom. The molecule has 2 aliphatic heterocycles. The summed E-state index contributed by atoms with van der Waals surface area (Å²) in [5.74, 6) is -5.72. The van der Waals surface area contributed by atoms with Crippen molar-refractivity contribution >= 4 is 52.7 Å². The molecule has 1 amide bonds. The first-order valence-corrected chi connectivity index (χ1v) is 15.3.